The Morgan fingerprint density at radius 3 is 2.71 bits per heavy atom. The van der Waals surface area contributed by atoms with E-state index in [0.29, 0.717) is 11.5 Å². The van der Waals surface area contributed by atoms with Crippen LogP contribution in [0.2, 0.25) is 0 Å². The highest BCUT2D eigenvalue weighted by molar-refractivity contribution is 5.26. The van der Waals surface area contributed by atoms with Crippen LogP contribution in [-0.2, 0) is 0 Å². The first-order chi connectivity index (χ1) is 6.79. The fraction of sp³-hybridized carbons (Fsp3) is 0.500. The molecule has 1 saturated carbocycles. The predicted octanol–water partition coefficient (Wildman–Crippen LogP) is 2.44. The third-order valence-electron chi connectivity index (χ3n) is 3.56. The van der Waals surface area contributed by atoms with Crippen molar-refractivity contribution in [1.82, 2.24) is 5.32 Å². The topological polar surface area (TPSA) is 12.0 Å². The zero-order chi connectivity index (χ0) is 9.60. The molecule has 0 amide bonds. The van der Waals surface area contributed by atoms with E-state index in [4.69, 9.17) is 0 Å². The molecule has 1 aromatic rings. The largest absolute Gasteiger partial charge is 0.311 e. The van der Waals surface area contributed by atoms with Gasteiger partial charge in [-0.15, -0.1) is 0 Å². The summed E-state index contributed by atoms with van der Waals surface area (Å²) in [6, 6.07) is 7.17. The van der Waals surface area contributed by atoms with Gasteiger partial charge in [-0.1, -0.05) is 18.2 Å². The number of nitrogens with one attached hydrogen (secondary N) is 1. The molecule has 1 heterocycles. The number of rotatable bonds is 1. The smallest absolute Gasteiger partial charge is 0.126 e. The molecule has 2 aliphatic rings. The van der Waals surface area contributed by atoms with Crippen LogP contribution < -0.4 is 5.32 Å². The lowest BCUT2D eigenvalue weighted by molar-refractivity contribution is 0.573. The van der Waals surface area contributed by atoms with Gasteiger partial charge in [-0.3, -0.25) is 0 Å². The van der Waals surface area contributed by atoms with Crippen molar-refractivity contribution in [3.8, 4) is 0 Å². The number of hydrogen-bond acceptors (Lipinski definition) is 1. The van der Waals surface area contributed by atoms with Crippen molar-refractivity contribution in [2.75, 3.05) is 6.54 Å². The quantitative estimate of drug-likeness (QED) is 0.719. The van der Waals surface area contributed by atoms with Crippen LogP contribution in [0.4, 0.5) is 4.39 Å². The van der Waals surface area contributed by atoms with Crippen molar-refractivity contribution in [3.63, 3.8) is 0 Å². The van der Waals surface area contributed by atoms with Crippen molar-refractivity contribution in [2.45, 2.75) is 30.7 Å². The first kappa shape index (κ1) is 8.42. The van der Waals surface area contributed by atoms with Crippen LogP contribution in [0.15, 0.2) is 24.3 Å². The lowest BCUT2D eigenvalue weighted by Gasteiger charge is -2.09. The van der Waals surface area contributed by atoms with Crippen LogP contribution in [0.3, 0.4) is 0 Å². The second-order valence-electron chi connectivity index (χ2n) is 4.58. The Labute approximate surface area is 83.3 Å². The van der Waals surface area contributed by atoms with E-state index in [0.717, 1.165) is 18.5 Å². The Morgan fingerprint density at radius 1 is 1.29 bits per heavy atom. The molecule has 1 unspecified atom stereocenters. The van der Waals surface area contributed by atoms with E-state index in [-0.39, 0.29) is 5.82 Å². The monoisotopic (exact) mass is 191 g/mol. The molecular formula is C12H14FN. The summed E-state index contributed by atoms with van der Waals surface area (Å²) in [4.78, 5) is 0. The van der Waals surface area contributed by atoms with Crippen molar-refractivity contribution in [3.05, 3.63) is 35.6 Å². The van der Waals surface area contributed by atoms with Crippen LogP contribution in [0.5, 0.6) is 0 Å². The molecule has 3 rings (SSSR count). The first-order valence-corrected chi connectivity index (χ1v) is 5.29. The van der Waals surface area contributed by atoms with E-state index >= 15 is 0 Å². The van der Waals surface area contributed by atoms with Gasteiger partial charge < -0.3 is 5.32 Å². The summed E-state index contributed by atoms with van der Waals surface area (Å²) in [6.07, 6.45) is 3.67. The molecule has 0 bridgehead atoms. The van der Waals surface area contributed by atoms with E-state index in [1.165, 1.54) is 12.8 Å². The summed E-state index contributed by atoms with van der Waals surface area (Å²) < 4.78 is 13.5. The van der Waals surface area contributed by atoms with Gasteiger partial charge in [0.1, 0.15) is 5.82 Å². The molecule has 1 aliphatic carbocycles. The minimum atomic E-state index is -0.0444. The molecule has 2 fully saturated rings. The Balaban J connectivity index is 1.86. The first-order valence-electron chi connectivity index (χ1n) is 5.29. The van der Waals surface area contributed by atoms with Crippen LogP contribution in [0.1, 0.15) is 30.7 Å². The fourth-order valence-corrected chi connectivity index (χ4v) is 2.51. The Bertz CT molecular complexity index is 357. The highest BCUT2D eigenvalue weighted by Gasteiger charge is 2.48. The molecule has 1 N–H and O–H groups in total. The van der Waals surface area contributed by atoms with Gasteiger partial charge in [0.2, 0.25) is 0 Å². The Hall–Kier alpha value is -0.890. The van der Waals surface area contributed by atoms with Crippen molar-refractivity contribution >= 4 is 0 Å². The van der Waals surface area contributed by atoms with E-state index in [1.807, 2.05) is 12.1 Å². The normalized spacial score (nSPS) is 28.2. The molecule has 1 saturated heterocycles. The van der Waals surface area contributed by atoms with Gasteiger partial charge in [-0.25, -0.2) is 4.39 Å². The second kappa shape index (κ2) is 2.80. The molecule has 1 nitrogen and oxygen atoms in total. The van der Waals surface area contributed by atoms with Crippen LogP contribution in [0.25, 0.3) is 0 Å². The van der Waals surface area contributed by atoms with E-state index in [9.17, 15) is 4.39 Å². The van der Waals surface area contributed by atoms with Crippen LogP contribution in [-0.4, -0.2) is 12.1 Å². The molecule has 1 atom stereocenters. The lowest BCUT2D eigenvalue weighted by atomic mass is 9.95. The van der Waals surface area contributed by atoms with E-state index in [1.54, 1.807) is 12.1 Å². The summed E-state index contributed by atoms with van der Waals surface area (Å²) in [5, 5.41) is 3.52. The highest BCUT2D eigenvalue weighted by atomic mass is 19.1. The minimum absolute atomic E-state index is 0.0444. The molecule has 1 aromatic carbocycles. The average molecular weight is 191 g/mol. The van der Waals surface area contributed by atoms with Crippen LogP contribution in [0, 0.1) is 5.82 Å². The zero-order valence-corrected chi connectivity index (χ0v) is 8.09. The van der Waals surface area contributed by atoms with Gasteiger partial charge in [0.15, 0.2) is 0 Å². The molecule has 0 radical (unpaired) electrons. The van der Waals surface area contributed by atoms with E-state index in [2.05, 4.69) is 5.32 Å². The van der Waals surface area contributed by atoms with Gasteiger partial charge in [-0.05, 0) is 30.9 Å². The summed E-state index contributed by atoms with van der Waals surface area (Å²) >= 11 is 0. The maximum atomic E-state index is 13.5. The highest BCUT2D eigenvalue weighted by Crippen LogP contribution is 2.47. The van der Waals surface area contributed by atoms with Gasteiger partial charge in [-0.2, -0.15) is 0 Å². The van der Waals surface area contributed by atoms with Gasteiger partial charge in [0, 0.05) is 18.0 Å². The van der Waals surface area contributed by atoms with Gasteiger partial charge in [0.05, 0.1) is 0 Å². The Kier molecular flexibility index (Phi) is 1.68. The predicted molar refractivity (Wildman–Crippen MR) is 53.7 cm³/mol. The molecule has 1 aliphatic heterocycles. The summed E-state index contributed by atoms with van der Waals surface area (Å²) in [5.41, 5.74) is 1.29. The molecule has 74 valence electrons. The third-order valence-corrected chi connectivity index (χ3v) is 3.56. The van der Waals surface area contributed by atoms with Gasteiger partial charge >= 0.3 is 0 Å². The summed E-state index contributed by atoms with van der Waals surface area (Å²) in [7, 11) is 0. The molecule has 14 heavy (non-hydrogen) atoms. The maximum absolute atomic E-state index is 13.5. The molecule has 2 heteroatoms. The maximum Gasteiger partial charge on any atom is 0.126 e. The minimum Gasteiger partial charge on any atom is -0.311 e. The molecular weight excluding hydrogens is 177 g/mol. The zero-order valence-electron chi connectivity index (χ0n) is 8.09. The second-order valence-corrected chi connectivity index (χ2v) is 4.58. The summed E-state index contributed by atoms with van der Waals surface area (Å²) in [6.45, 7) is 0.945. The van der Waals surface area contributed by atoms with Crippen molar-refractivity contribution < 1.29 is 4.39 Å². The molecule has 0 aromatic heterocycles. The fourth-order valence-electron chi connectivity index (χ4n) is 2.51. The third kappa shape index (κ3) is 1.25. The number of halogens is 1. The SMILES string of the molecule is Fc1ccccc1C1CNC2(CC2)C1. The molecule has 1 spiro atoms. The van der Waals surface area contributed by atoms with Gasteiger partial charge in [0.25, 0.3) is 0 Å². The Morgan fingerprint density at radius 2 is 2.07 bits per heavy atom. The van der Waals surface area contributed by atoms with E-state index < -0.39 is 0 Å². The van der Waals surface area contributed by atoms with Crippen molar-refractivity contribution in [2.24, 2.45) is 0 Å². The number of hydrogen-bond donors (Lipinski definition) is 1. The summed E-state index contributed by atoms with van der Waals surface area (Å²) in [5.74, 6) is 0.343. The number of benzene rings is 1. The standard InChI is InChI=1S/C12H14FN/c13-11-4-2-1-3-10(11)9-7-12(5-6-12)14-8-9/h1-4,9,14H,5-8H2. The average Bonchev–Trinajstić information content (AvgIpc) is 2.79. The van der Waals surface area contributed by atoms with Crippen LogP contribution >= 0.6 is 0 Å². The van der Waals surface area contributed by atoms with Crippen molar-refractivity contribution in [1.29, 1.82) is 0 Å². The lowest BCUT2D eigenvalue weighted by Crippen LogP contribution is -2.22.